The molecule has 0 bridgehead atoms. The van der Waals surface area contributed by atoms with E-state index in [9.17, 15) is 4.79 Å². The van der Waals surface area contributed by atoms with Crippen molar-refractivity contribution in [1.82, 2.24) is 10.2 Å². The molecule has 4 nitrogen and oxygen atoms in total. The third-order valence-electron chi connectivity index (χ3n) is 2.58. The Morgan fingerprint density at radius 3 is 2.58 bits per heavy atom. The molecule has 0 aliphatic heterocycles. The summed E-state index contributed by atoms with van der Waals surface area (Å²) in [5, 5.41) is 2.85. The van der Waals surface area contributed by atoms with E-state index in [1.54, 1.807) is 12.1 Å². The van der Waals surface area contributed by atoms with Crippen LogP contribution in [0.3, 0.4) is 0 Å². The molecule has 19 heavy (non-hydrogen) atoms. The second-order valence-electron chi connectivity index (χ2n) is 3.88. The first-order chi connectivity index (χ1) is 8.04. The van der Waals surface area contributed by atoms with E-state index in [0.29, 0.717) is 17.8 Å². The Balaban J connectivity index is 0. The molecule has 0 spiro atoms. The van der Waals surface area contributed by atoms with Crippen molar-refractivity contribution >= 4 is 52.3 Å². The number of nitrogens with zero attached hydrogens (tertiary/aromatic N) is 1. The molecule has 0 aliphatic carbocycles. The van der Waals surface area contributed by atoms with Crippen LogP contribution in [0.15, 0.2) is 22.7 Å². The molecular weight excluding hydrogens is 353 g/mol. The summed E-state index contributed by atoms with van der Waals surface area (Å²) in [6.07, 6.45) is 0. The molecule has 1 rings (SSSR count). The largest absolute Gasteiger partial charge is 0.398 e. The van der Waals surface area contributed by atoms with E-state index in [4.69, 9.17) is 5.73 Å². The van der Waals surface area contributed by atoms with Gasteiger partial charge >= 0.3 is 0 Å². The zero-order chi connectivity index (χ0) is 12.8. The first-order valence-corrected chi connectivity index (χ1v) is 6.35. The average Bonchev–Trinajstić information content (AvgIpc) is 2.28. The maximum absolute atomic E-state index is 11.8. The highest BCUT2D eigenvalue weighted by molar-refractivity contribution is 9.10. The lowest BCUT2D eigenvalue weighted by molar-refractivity contribution is 0.0951. The molecule has 0 saturated carbocycles. The molecule has 0 aromatic heterocycles. The van der Waals surface area contributed by atoms with Crippen molar-refractivity contribution in [2.24, 2.45) is 0 Å². The number of anilines is 1. The van der Waals surface area contributed by atoms with E-state index < -0.39 is 0 Å². The molecule has 7 heteroatoms. The number of carbonyl (C=O) groups is 1. The lowest BCUT2D eigenvalue weighted by Gasteiger charge is -2.14. The number of carbonyl (C=O) groups excluding carboxylic acids is 1. The number of nitrogens with one attached hydrogen (secondary N) is 1. The Morgan fingerprint density at radius 2 is 2.05 bits per heavy atom. The summed E-state index contributed by atoms with van der Waals surface area (Å²) in [5.74, 6) is -0.125. The molecule has 0 atom stereocenters. The van der Waals surface area contributed by atoms with Crippen LogP contribution in [0.1, 0.15) is 17.3 Å². The third kappa shape index (κ3) is 7.01. The minimum absolute atomic E-state index is 0. The smallest absolute Gasteiger partial charge is 0.253 e. The number of amides is 1. The predicted octanol–water partition coefficient (Wildman–Crippen LogP) is 2.56. The summed E-state index contributed by atoms with van der Waals surface area (Å²) in [4.78, 5) is 14.0. The van der Waals surface area contributed by atoms with Crippen LogP contribution in [0.5, 0.6) is 0 Å². The number of hydrogen-bond donors (Lipinski definition) is 2. The van der Waals surface area contributed by atoms with Gasteiger partial charge in [0.1, 0.15) is 0 Å². The fraction of sp³-hybridized carbons (Fsp3) is 0.417. The van der Waals surface area contributed by atoms with E-state index in [-0.39, 0.29) is 30.7 Å². The van der Waals surface area contributed by atoms with Crippen molar-refractivity contribution in [3.63, 3.8) is 0 Å². The normalized spacial score (nSPS) is 9.47. The van der Waals surface area contributed by atoms with Crippen LogP contribution < -0.4 is 11.1 Å². The van der Waals surface area contributed by atoms with Gasteiger partial charge in [-0.1, -0.05) is 22.9 Å². The van der Waals surface area contributed by atoms with Gasteiger partial charge in [-0.3, -0.25) is 4.79 Å². The molecule has 1 aromatic rings. The number of hydrogen-bond acceptors (Lipinski definition) is 3. The van der Waals surface area contributed by atoms with Gasteiger partial charge < -0.3 is 16.0 Å². The molecular formula is C12H20BrCl2N3O. The van der Waals surface area contributed by atoms with E-state index in [1.807, 2.05) is 13.1 Å². The summed E-state index contributed by atoms with van der Waals surface area (Å²) < 4.78 is 0.872. The van der Waals surface area contributed by atoms with E-state index >= 15 is 0 Å². The molecule has 1 amide bonds. The topological polar surface area (TPSA) is 58.4 Å². The molecule has 0 radical (unpaired) electrons. The van der Waals surface area contributed by atoms with Crippen LogP contribution in [0.4, 0.5) is 5.69 Å². The van der Waals surface area contributed by atoms with Crippen molar-refractivity contribution in [3.8, 4) is 0 Å². The quantitative estimate of drug-likeness (QED) is 0.781. The van der Waals surface area contributed by atoms with Crippen molar-refractivity contribution in [2.75, 3.05) is 32.4 Å². The summed E-state index contributed by atoms with van der Waals surface area (Å²) >= 11 is 3.31. The summed E-state index contributed by atoms with van der Waals surface area (Å²) in [6.45, 7) is 4.50. The van der Waals surface area contributed by atoms with Gasteiger partial charge in [0.05, 0.1) is 5.56 Å². The Hall–Kier alpha value is -0.490. The van der Waals surface area contributed by atoms with Gasteiger partial charge in [0.2, 0.25) is 0 Å². The van der Waals surface area contributed by atoms with Crippen LogP contribution in [-0.2, 0) is 0 Å². The highest BCUT2D eigenvalue weighted by atomic mass is 79.9. The standard InChI is InChI=1S/C12H18BrN3O.2ClH/c1-3-16(2)7-6-15-12(17)10-5-4-9(13)8-11(10)14;;/h4-5,8H,3,6-7,14H2,1-2H3,(H,15,17);2*1H. The van der Waals surface area contributed by atoms with Crippen LogP contribution >= 0.6 is 40.7 Å². The fourth-order valence-corrected chi connectivity index (χ4v) is 1.73. The Morgan fingerprint density at radius 1 is 1.42 bits per heavy atom. The Kier molecular flexibility index (Phi) is 11.3. The number of nitrogens with two attached hydrogens (primary N) is 1. The molecule has 0 heterocycles. The zero-order valence-corrected chi connectivity index (χ0v) is 14.2. The maximum atomic E-state index is 11.8. The number of rotatable bonds is 5. The van der Waals surface area contributed by atoms with Crippen LogP contribution in [0.2, 0.25) is 0 Å². The highest BCUT2D eigenvalue weighted by Crippen LogP contribution is 2.18. The third-order valence-corrected chi connectivity index (χ3v) is 3.07. The van der Waals surface area contributed by atoms with Gasteiger partial charge in [-0.15, -0.1) is 24.8 Å². The summed E-state index contributed by atoms with van der Waals surface area (Å²) in [6, 6.07) is 5.26. The SMILES string of the molecule is CCN(C)CCNC(=O)c1ccc(Br)cc1N.Cl.Cl. The molecule has 3 N–H and O–H groups in total. The van der Waals surface area contributed by atoms with Gasteiger partial charge in [0.15, 0.2) is 0 Å². The average molecular weight is 373 g/mol. The minimum Gasteiger partial charge on any atom is -0.398 e. The van der Waals surface area contributed by atoms with Crippen molar-refractivity contribution < 1.29 is 4.79 Å². The van der Waals surface area contributed by atoms with E-state index in [1.165, 1.54) is 0 Å². The second kappa shape index (κ2) is 10.3. The summed E-state index contributed by atoms with van der Waals surface area (Å²) in [5.41, 5.74) is 6.79. The molecule has 0 aliphatic rings. The van der Waals surface area contributed by atoms with Crippen LogP contribution in [0, 0.1) is 0 Å². The number of likely N-dealkylation sites (N-methyl/N-ethyl adjacent to an activating group) is 1. The fourth-order valence-electron chi connectivity index (χ4n) is 1.35. The van der Waals surface area contributed by atoms with E-state index in [2.05, 4.69) is 33.1 Å². The molecule has 0 saturated heterocycles. The zero-order valence-electron chi connectivity index (χ0n) is 11.0. The lowest BCUT2D eigenvalue weighted by atomic mass is 10.1. The first-order valence-electron chi connectivity index (χ1n) is 5.56. The maximum Gasteiger partial charge on any atom is 0.253 e. The lowest BCUT2D eigenvalue weighted by Crippen LogP contribution is -2.33. The van der Waals surface area contributed by atoms with Crippen molar-refractivity contribution in [2.45, 2.75) is 6.92 Å². The van der Waals surface area contributed by atoms with Gasteiger partial charge in [-0.25, -0.2) is 0 Å². The summed E-state index contributed by atoms with van der Waals surface area (Å²) in [7, 11) is 2.01. The molecule has 0 fully saturated rings. The van der Waals surface area contributed by atoms with Crippen LogP contribution in [-0.4, -0.2) is 37.5 Å². The molecule has 110 valence electrons. The first kappa shape index (κ1) is 20.8. The number of nitrogen functional groups attached to an aromatic ring is 1. The van der Waals surface area contributed by atoms with Gasteiger partial charge in [0, 0.05) is 23.2 Å². The Labute approximate surface area is 135 Å². The van der Waals surface area contributed by atoms with Gasteiger partial charge in [-0.2, -0.15) is 0 Å². The predicted molar refractivity (Wildman–Crippen MR) is 88.6 cm³/mol. The minimum atomic E-state index is -0.125. The van der Waals surface area contributed by atoms with Crippen LogP contribution in [0.25, 0.3) is 0 Å². The van der Waals surface area contributed by atoms with E-state index in [0.717, 1.165) is 17.6 Å². The van der Waals surface area contributed by atoms with Crippen molar-refractivity contribution in [1.29, 1.82) is 0 Å². The van der Waals surface area contributed by atoms with Gasteiger partial charge in [-0.05, 0) is 31.8 Å². The highest BCUT2D eigenvalue weighted by Gasteiger charge is 2.09. The van der Waals surface area contributed by atoms with Gasteiger partial charge in [0.25, 0.3) is 5.91 Å². The molecule has 1 aromatic carbocycles. The van der Waals surface area contributed by atoms with Crippen molar-refractivity contribution in [3.05, 3.63) is 28.2 Å². The molecule has 0 unspecified atom stereocenters. The second-order valence-corrected chi connectivity index (χ2v) is 4.80. The number of halogens is 3. The monoisotopic (exact) mass is 371 g/mol. The number of benzene rings is 1. The Bertz CT molecular complexity index is 405.